The zero-order valence-electron chi connectivity index (χ0n) is 15.7. The summed E-state index contributed by atoms with van der Waals surface area (Å²) in [7, 11) is 0. The molecule has 1 saturated carbocycles. The van der Waals surface area contributed by atoms with Crippen LogP contribution in [-0.4, -0.2) is 16.2 Å². The van der Waals surface area contributed by atoms with Gasteiger partial charge in [-0.05, 0) is 36.5 Å². The van der Waals surface area contributed by atoms with Crippen LogP contribution in [-0.2, 0) is 12.1 Å². The lowest BCUT2D eigenvalue weighted by molar-refractivity contribution is 0.224. The van der Waals surface area contributed by atoms with E-state index in [1.807, 2.05) is 13.8 Å². The monoisotopic (exact) mass is 375 g/mol. The maximum atomic E-state index is 12.9. The van der Waals surface area contributed by atoms with Gasteiger partial charge < -0.3 is 20.9 Å². The normalized spacial score (nSPS) is 17.1. The molecule has 1 aromatic heterocycles. The molecule has 2 aromatic rings. The number of amides is 2. The third kappa shape index (κ3) is 4.63. The van der Waals surface area contributed by atoms with Crippen LogP contribution in [0.3, 0.4) is 0 Å². The molecule has 8 heteroatoms. The number of hydrogen-bond acceptors (Lipinski definition) is 5. The third-order valence-electron chi connectivity index (χ3n) is 4.97. The van der Waals surface area contributed by atoms with Crippen molar-refractivity contribution in [2.75, 3.05) is 0 Å². The van der Waals surface area contributed by atoms with Gasteiger partial charge in [0, 0.05) is 6.54 Å². The van der Waals surface area contributed by atoms with E-state index in [9.17, 15) is 9.18 Å². The standard InChI is InChI=1S/C19H26FN5O2/c1-12(2)15(16-24-17(25-27-16)19(21)9-3-4-10-19)23-18(26)22-11-13-5-7-14(20)8-6-13/h5-8,12,15H,3-4,9-11,21H2,1-2H3,(H2,22,23,26). The summed E-state index contributed by atoms with van der Waals surface area (Å²) in [5.41, 5.74) is 6.65. The van der Waals surface area contributed by atoms with E-state index in [0.717, 1.165) is 31.2 Å². The van der Waals surface area contributed by atoms with Crippen LogP contribution in [0.4, 0.5) is 9.18 Å². The van der Waals surface area contributed by atoms with Crippen molar-refractivity contribution in [1.29, 1.82) is 0 Å². The van der Waals surface area contributed by atoms with E-state index in [1.54, 1.807) is 12.1 Å². The molecule has 0 spiro atoms. The van der Waals surface area contributed by atoms with E-state index in [0.29, 0.717) is 11.7 Å². The van der Waals surface area contributed by atoms with Crippen LogP contribution >= 0.6 is 0 Å². The summed E-state index contributed by atoms with van der Waals surface area (Å²) in [4.78, 5) is 16.8. The van der Waals surface area contributed by atoms with Gasteiger partial charge in [0.05, 0.1) is 5.54 Å². The highest BCUT2D eigenvalue weighted by Crippen LogP contribution is 2.35. The molecule has 7 nitrogen and oxygen atoms in total. The van der Waals surface area contributed by atoms with E-state index in [1.165, 1.54) is 12.1 Å². The summed E-state index contributed by atoms with van der Waals surface area (Å²) in [5, 5.41) is 9.69. The number of nitrogens with two attached hydrogens (primary N) is 1. The summed E-state index contributed by atoms with van der Waals surface area (Å²) in [6, 6.07) is 5.18. The van der Waals surface area contributed by atoms with Gasteiger partial charge in [0.1, 0.15) is 11.9 Å². The van der Waals surface area contributed by atoms with Gasteiger partial charge in [0.15, 0.2) is 5.82 Å². The van der Waals surface area contributed by atoms with Gasteiger partial charge in [-0.3, -0.25) is 0 Å². The Hall–Kier alpha value is -2.48. The Kier molecular flexibility index (Phi) is 5.74. The minimum atomic E-state index is -0.534. The topological polar surface area (TPSA) is 106 Å². The van der Waals surface area contributed by atoms with Crippen molar-refractivity contribution in [1.82, 2.24) is 20.8 Å². The van der Waals surface area contributed by atoms with Crippen molar-refractivity contribution in [3.8, 4) is 0 Å². The zero-order chi connectivity index (χ0) is 19.4. The highest BCUT2D eigenvalue weighted by atomic mass is 19.1. The van der Waals surface area contributed by atoms with Crippen molar-refractivity contribution in [2.24, 2.45) is 11.7 Å². The number of carbonyl (C=O) groups is 1. The molecule has 3 rings (SSSR count). The molecule has 1 heterocycles. The zero-order valence-corrected chi connectivity index (χ0v) is 15.7. The lowest BCUT2D eigenvalue weighted by Gasteiger charge is -2.20. The Morgan fingerprint density at radius 3 is 2.59 bits per heavy atom. The van der Waals surface area contributed by atoms with Crippen LogP contribution in [0.15, 0.2) is 28.8 Å². The second-order valence-electron chi connectivity index (χ2n) is 7.49. The maximum Gasteiger partial charge on any atom is 0.315 e. The molecule has 1 atom stereocenters. The molecule has 0 bridgehead atoms. The minimum Gasteiger partial charge on any atom is -0.337 e. The van der Waals surface area contributed by atoms with E-state index < -0.39 is 11.6 Å². The lowest BCUT2D eigenvalue weighted by Crippen LogP contribution is -2.39. The molecule has 27 heavy (non-hydrogen) atoms. The Morgan fingerprint density at radius 2 is 1.96 bits per heavy atom. The average molecular weight is 375 g/mol. The van der Waals surface area contributed by atoms with Gasteiger partial charge in [-0.1, -0.05) is 44.0 Å². The summed E-state index contributed by atoms with van der Waals surface area (Å²) in [5.74, 6) is 0.602. The lowest BCUT2D eigenvalue weighted by atomic mass is 9.98. The Balaban J connectivity index is 1.62. The summed E-state index contributed by atoms with van der Waals surface area (Å²) >= 11 is 0. The fraction of sp³-hybridized carbons (Fsp3) is 0.526. The number of urea groups is 1. The van der Waals surface area contributed by atoms with Crippen LogP contribution in [0.2, 0.25) is 0 Å². The molecule has 0 radical (unpaired) electrons. The first-order valence-corrected chi connectivity index (χ1v) is 9.29. The Labute approximate surface area is 157 Å². The van der Waals surface area contributed by atoms with Crippen LogP contribution in [0.5, 0.6) is 0 Å². The number of aromatic nitrogens is 2. The number of nitrogens with zero attached hydrogens (tertiary/aromatic N) is 2. The van der Waals surface area contributed by atoms with Gasteiger partial charge in [0.25, 0.3) is 0 Å². The molecule has 146 valence electrons. The molecule has 0 saturated heterocycles. The quantitative estimate of drug-likeness (QED) is 0.719. The van der Waals surface area contributed by atoms with Crippen molar-refractivity contribution >= 4 is 6.03 Å². The van der Waals surface area contributed by atoms with Crippen LogP contribution in [0.1, 0.15) is 62.9 Å². The molecule has 1 fully saturated rings. The number of benzene rings is 1. The highest BCUT2D eigenvalue weighted by molar-refractivity contribution is 5.74. The predicted molar refractivity (Wildman–Crippen MR) is 98.0 cm³/mol. The highest BCUT2D eigenvalue weighted by Gasteiger charge is 2.37. The summed E-state index contributed by atoms with van der Waals surface area (Å²) in [6.07, 6.45) is 3.78. The number of carbonyl (C=O) groups excluding carboxylic acids is 1. The number of hydrogen-bond donors (Lipinski definition) is 3. The molecule has 2 amide bonds. The van der Waals surface area contributed by atoms with Gasteiger partial charge in [0.2, 0.25) is 5.89 Å². The minimum absolute atomic E-state index is 0.0483. The Bertz CT molecular complexity index is 769. The van der Waals surface area contributed by atoms with Crippen LogP contribution in [0, 0.1) is 11.7 Å². The van der Waals surface area contributed by atoms with E-state index in [4.69, 9.17) is 10.3 Å². The number of rotatable bonds is 6. The van der Waals surface area contributed by atoms with E-state index in [-0.39, 0.29) is 24.3 Å². The SMILES string of the molecule is CC(C)C(NC(=O)NCc1ccc(F)cc1)c1nc(C2(N)CCCC2)no1. The van der Waals surface area contributed by atoms with Crippen LogP contribution < -0.4 is 16.4 Å². The molecular formula is C19H26FN5O2. The molecule has 4 N–H and O–H groups in total. The van der Waals surface area contributed by atoms with E-state index in [2.05, 4.69) is 20.8 Å². The van der Waals surface area contributed by atoms with Gasteiger partial charge in [-0.2, -0.15) is 4.98 Å². The molecule has 0 aliphatic heterocycles. The molecule has 1 unspecified atom stereocenters. The fourth-order valence-electron chi connectivity index (χ4n) is 3.28. The second kappa shape index (κ2) is 8.04. The first-order valence-electron chi connectivity index (χ1n) is 9.29. The third-order valence-corrected chi connectivity index (χ3v) is 4.97. The van der Waals surface area contributed by atoms with Crippen molar-refractivity contribution in [3.05, 3.63) is 47.4 Å². The molecule has 1 aromatic carbocycles. The maximum absolute atomic E-state index is 12.9. The van der Waals surface area contributed by atoms with Crippen LogP contribution in [0.25, 0.3) is 0 Å². The fourth-order valence-corrected chi connectivity index (χ4v) is 3.28. The van der Waals surface area contributed by atoms with Crippen molar-refractivity contribution < 1.29 is 13.7 Å². The average Bonchev–Trinajstić information content (AvgIpc) is 3.29. The molecule has 1 aliphatic carbocycles. The smallest absolute Gasteiger partial charge is 0.315 e. The first-order chi connectivity index (χ1) is 12.9. The largest absolute Gasteiger partial charge is 0.337 e. The van der Waals surface area contributed by atoms with Crippen molar-refractivity contribution in [3.63, 3.8) is 0 Å². The number of halogens is 1. The first kappa shape index (κ1) is 19.3. The van der Waals surface area contributed by atoms with E-state index >= 15 is 0 Å². The van der Waals surface area contributed by atoms with Crippen molar-refractivity contribution in [2.45, 2.75) is 57.7 Å². The van der Waals surface area contributed by atoms with Gasteiger partial charge >= 0.3 is 6.03 Å². The second-order valence-corrected chi connectivity index (χ2v) is 7.49. The Morgan fingerprint density at radius 1 is 1.30 bits per heavy atom. The molecular weight excluding hydrogens is 349 g/mol. The summed E-state index contributed by atoms with van der Waals surface area (Å²) < 4.78 is 18.4. The van der Waals surface area contributed by atoms with Gasteiger partial charge in [-0.25, -0.2) is 9.18 Å². The molecule has 1 aliphatic rings. The number of nitrogens with one attached hydrogen (secondary N) is 2. The summed E-state index contributed by atoms with van der Waals surface area (Å²) in [6.45, 7) is 4.21. The predicted octanol–water partition coefficient (Wildman–Crippen LogP) is 3.13. The van der Waals surface area contributed by atoms with Gasteiger partial charge in [-0.15, -0.1) is 0 Å².